The van der Waals surface area contributed by atoms with Crippen LogP contribution in [0.2, 0.25) is 0 Å². The molecule has 3 heterocycles. The summed E-state index contributed by atoms with van der Waals surface area (Å²) in [5, 5.41) is 8.15. The summed E-state index contributed by atoms with van der Waals surface area (Å²) in [5.74, 6) is -0.264. The van der Waals surface area contributed by atoms with Crippen LogP contribution in [0.25, 0.3) is 0 Å². The first kappa shape index (κ1) is 27.3. The van der Waals surface area contributed by atoms with Gasteiger partial charge in [-0.2, -0.15) is 22.5 Å². The van der Waals surface area contributed by atoms with Crippen LogP contribution in [-0.2, 0) is 14.9 Å². The molecule has 1 aromatic heterocycles. The van der Waals surface area contributed by atoms with E-state index < -0.39 is 22.6 Å². The Morgan fingerprint density at radius 3 is 2.53 bits per heavy atom. The van der Waals surface area contributed by atoms with Crippen LogP contribution in [0.3, 0.4) is 0 Å². The topological polar surface area (TPSA) is 87.7 Å². The smallest absolute Gasteiger partial charge is 0.279 e. The normalized spacial score (nSPS) is 27.4. The Balaban J connectivity index is 1.20. The van der Waals surface area contributed by atoms with Gasteiger partial charge in [0.25, 0.3) is 10.2 Å². The molecular weight excluding hydrogens is 519 g/mol. The molecule has 1 aliphatic carbocycles. The quantitative estimate of drug-likeness (QED) is 0.511. The Hall–Kier alpha value is -2.28. The number of nitrogens with one attached hydrogen (secondary N) is 1. The molecule has 0 unspecified atom stereocenters. The summed E-state index contributed by atoms with van der Waals surface area (Å²) in [7, 11) is -3.87. The van der Waals surface area contributed by atoms with Gasteiger partial charge in [0.1, 0.15) is 5.82 Å². The summed E-state index contributed by atoms with van der Waals surface area (Å²) in [5.41, 5.74) is 1.02. The van der Waals surface area contributed by atoms with Gasteiger partial charge in [-0.3, -0.25) is 0 Å². The predicted molar refractivity (Wildman–Crippen MR) is 137 cm³/mol. The zero-order chi connectivity index (χ0) is 26.7. The molecule has 2 atom stereocenters. The molecule has 0 spiro atoms. The Kier molecular flexibility index (Phi) is 8.51. The number of rotatable bonds is 9. The highest BCUT2D eigenvalue weighted by Crippen LogP contribution is 2.35. The molecule has 0 amide bonds. The zero-order valence-electron chi connectivity index (χ0n) is 21.1. The van der Waals surface area contributed by atoms with Crippen LogP contribution in [-0.4, -0.2) is 74.3 Å². The maximum absolute atomic E-state index is 13.6. The molecule has 208 valence electrons. The lowest BCUT2D eigenvalue weighted by Crippen LogP contribution is -2.60. The van der Waals surface area contributed by atoms with E-state index in [9.17, 15) is 21.6 Å². The second-order valence-electron chi connectivity index (χ2n) is 10.6. The van der Waals surface area contributed by atoms with E-state index in [1.165, 1.54) is 6.07 Å². The molecule has 0 bridgehead atoms. The summed E-state index contributed by atoms with van der Waals surface area (Å²) in [6.07, 6.45) is 3.16. The van der Waals surface area contributed by atoms with Crippen molar-refractivity contribution in [3.8, 4) is 0 Å². The van der Waals surface area contributed by atoms with Crippen molar-refractivity contribution in [1.82, 2.24) is 19.2 Å². The highest BCUT2D eigenvalue weighted by atomic mass is 32.2. The average Bonchev–Trinajstić information content (AvgIpc) is 2.87. The van der Waals surface area contributed by atoms with Gasteiger partial charge < -0.3 is 9.64 Å². The van der Waals surface area contributed by atoms with Crippen molar-refractivity contribution in [3.05, 3.63) is 54.0 Å². The summed E-state index contributed by atoms with van der Waals surface area (Å²) in [6.45, 7) is 1.15. The fourth-order valence-corrected chi connectivity index (χ4v) is 7.32. The molecular formula is C26H34F3N5O3S. The highest BCUT2D eigenvalue weighted by molar-refractivity contribution is 7.87. The summed E-state index contributed by atoms with van der Waals surface area (Å²) in [6, 6.07) is 10.1. The third-order valence-corrected chi connectivity index (χ3v) is 9.61. The van der Waals surface area contributed by atoms with Gasteiger partial charge in [-0.05, 0) is 67.9 Å². The molecule has 12 heteroatoms. The van der Waals surface area contributed by atoms with Crippen LogP contribution in [0.1, 0.15) is 43.6 Å². The van der Waals surface area contributed by atoms with Crippen molar-refractivity contribution in [2.45, 2.75) is 56.6 Å². The molecule has 38 heavy (non-hydrogen) atoms. The lowest BCUT2D eigenvalue weighted by molar-refractivity contribution is -0.00310. The standard InChI is InChI=1S/C26H34F3N5O3S/c27-22-4-1-3-19(13-22)18-6-8-23(9-7-18)37-17-21-14-33(25-5-2-11-30-31-25)12-10-24(21)32-38(35,36)34-15-20(16-34)26(28)29/h1-5,11,13,18,20-21,23-24,26,32H,6-10,12,14-17H2/t18-,21-,23+,24-/m0/s1. The monoisotopic (exact) mass is 553 g/mol. The van der Waals surface area contributed by atoms with Crippen molar-refractivity contribution in [3.63, 3.8) is 0 Å². The van der Waals surface area contributed by atoms with E-state index >= 15 is 0 Å². The van der Waals surface area contributed by atoms with Gasteiger partial charge in [0, 0.05) is 50.3 Å². The van der Waals surface area contributed by atoms with Gasteiger partial charge in [-0.25, -0.2) is 13.2 Å². The average molecular weight is 554 g/mol. The SMILES string of the molecule is O=S(=O)(N[C@H]1CCN(c2cccnn2)C[C@H]1CO[C@H]1CC[C@@H](c2cccc(F)c2)CC1)N1CC(C(F)F)C1. The number of hydrogen-bond donors (Lipinski definition) is 1. The van der Waals surface area contributed by atoms with Crippen molar-refractivity contribution in [2.75, 3.05) is 37.7 Å². The van der Waals surface area contributed by atoms with Crippen molar-refractivity contribution < 1.29 is 26.3 Å². The molecule has 3 fully saturated rings. The third-order valence-electron chi connectivity index (χ3n) is 8.03. The molecule has 5 rings (SSSR count). The van der Waals surface area contributed by atoms with Crippen molar-refractivity contribution in [1.29, 1.82) is 0 Å². The van der Waals surface area contributed by atoms with Crippen LogP contribution >= 0.6 is 0 Å². The van der Waals surface area contributed by atoms with E-state index in [1.54, 1.807) is 18.3 Å². The van der Waals surface area contributed by atoms with Gasteiger partial charge in [0.15, 0.2) is 5.82 Å². The van der Waals surface area contributed by atoms with Gasteiger partial charge in [0.2, 0.25) is 6.43 Å². The Labute approximate surface area is 221 Å². The van der Waals surface area contributed by atoms with Crippen LogP contribution in [0.4, 0.5) is 19.0 Å². The van der Waals surface area contributed by atoms with E-state index in [2.05, 4.69) is 19.8 Å². The molecule has 1 saturated carbocycles. The second kappa shape index (κ2) is 11.8. The molecule has 1 N–H and O–H groups in total. The lowest BCUT2D eigenvalue weighted by Gasteiger charge is -2.42. The van der Waals surface area contributed by atoms with Crippen LogP contribution in [0, 0.1) is 17.7 Å². The number of nitrogens with zero attached hydrogens (tertiary/aromatic N) is 4. The predicted octanol–water partition coefficient (Wildman–Crippen LogP) is 3.58. The van der Waals surface area contributed by atoms with E-state index in [-0.39, 0.29) is 37.0 Å². The maximum Gasteiger partial charge on any atom is 0.279 e. The number of aromatic nitrogens is 2. The molecule has 2 aliphatic heterocycles. The zero-order valence-corrected chi connectivity index (χ0v) is 21.9. The Morgan fingerprint density at radius 2 is 1.84 bits per heavy atom. The van der Waals surface area contributed by atoms with Gasteiger partial charge in [-0.1, -0.05) is 12.1 Å². The van der Waals surface area contributed by atoms with Gasteiger partial charge in [0.05, 0.1) is 12.7 Å². The third kappa shape index (κ3) is 6.47. The lowest BCUT2D eigenvalue weighted by atomic mass is 9.82. The number of anilines is 1. The number of ether oxygens (including phenoxy) is 1. The number of halogens is 3. The first-order valence-electron chi connectivity index (χ1n) is 13.2. The largest absolute Gasteiger partial charge is 0.378 e. The molecule has 3 aliphatic rings. The first-order valence-corrected chi connectivity index (χ1v) is 14.7. The minimum atomic E-state index is -3.87. The number of hydrogen-bond acceptors (Lipinski definition) is 6. The van der Waals surface area contributed by atoms with E-state index in [4.69, 9.17) is 4.74 Å². The Morgan fingerprint density at radius 1 is 1.05 bits per heavy atom. The van der Waals surface area contributed by atoms with Crippen molar-refractivity contribution in [2.24, 2.45) is 11.8 Å². The summed E-state index contributed by atoms with van der Waals surface area (Å²) >= 11 is 0. The molecule has 2 aromatic rings. The highest BCUT2D eigenvalue weighted by Gasteiger charge is 2.43. The fourth-order valence-electron chi connectivity index (χ4n) is 5.70. The van der Waals surface area contributed by atoms with Crippen LogP contribution in [0.5, 0.6) is 0 Å². The van der Waals surface area contributed by atoms with Crippen LogP contribution in [0.15, 0.2) is 42.6 Å². The fraction of sp³-hybridized carbons (Fsp3) is 0.615. The molecule has 2 saturated heterocycles. The molecule has 8 nitrogen and oxygen atoms in total. The number of piperidine rings is 1. The summed E-state index contributed by atoms with van der Waals surface area (Å²) in [4.78, 5) is 2.07. The second-order valence-corrected chi connectivity index (χ2v) is 12.3. The minimum absolute atomic E-state index is 0.0474. The molecule has 1 aromatic carbocycles. The van der Waals surface area contributed by atoms with E-state index in [1.807, 2.05) is 18.2 Å². The van der Waals surface area contributed by atoms with Crippen molar-refractivity contribution >= 4 is 16.0 Å². The van der Waals surface area contributed by atoms with Crippen LogP contribution < -0.4 is 9.62 Å². The minimum Gasteiger partial charge on any atom is -0.378 e. The van der Waals surface area contributed by atoms with Gasteiger partial charge in [-0.15, -0.1) is 5.10 Å². The van der Waals surface area contributed by atoms with E-state index in [0.29, 0.717) is 32.0 Å². The summed E-state index contributed by atoms with van der Waals surface area (Å²) < 4.78 is 75.4. The maximum atomic E-state index is 13.6. The Bertz CT molecular complexity index is 1160. The number of benzene rings is 1. The molecule has 0 radical (unpaired) electrons. The first-order chi connectivity index (χ1) is 18.3. The van der Waals surface area contributed by atoms with E-state index in [0.717, 1.165) is 41.4 Å². The number of alkyl halides is 2. The van der Waals surface area contributed by atoms with Gasteiger partial charge >= 0.3 is 0 Å².